The van der Waals surface area contributed by atoms with Crippen LogP contribution in [0.5, 0.6) is 5.75 Å². The van der Waals surface area contributed by atoms with E-state index in [9.17, 15) is 15.2 Å². The molecule has 2 aromatic carbocycles. The van der Waals surface area contributed by atoms with Crippen LogP contribution in [0.3, 0.4) is 0 Å². The molecule has 0 saturated carbocycles. The molecule has 2 aromatic rings. The average molecular weight is 344 g/mol. The molecule has 0 atom stereocenters. The van der Waals surface area contributed by atoms with E-state index in [0.717, 1.165) is 5.56 Å². The number of nitro benzene ring substituents is 1. The molecule has 0 bridgehead atoms. The number of aromatic hydroxyl groups is 1. The second-order valence-electron chi connectivity index (χ2n) is 4.91. The number of benzene rings is 2. The van der Waals surface area contributed by atoms with Gasteiger partial charge in [-0.25, -0.2) is 0 Å². The molecule has 0 aliphatic carbocycles. The number of rotatable bonds is 5. The van der Waals surface area contributed by atoms with E-state index in [1.54, 1.807) is 6.92 Å². The maximum Gasteiger partial charge on any atom is 0.273 e. The second kappa shape index (κ2) is 8.11. The molecule has 0 aromatic heterocycles. The van der Waals surface area contributed by atoms with Gasteiger partial charge in [0, 0.05) is 22.9 Å². The van der Waals surface area contributed by atoms with Crippen molar-refractivity contribution in [1.29, 1.82) is 0 Å². The Labute approximate surface area is 143 Å². The van der Waals surface area contributed by atoms with Crippen LogP contribution in [0.15, 0.2) is 52.7 Å². The zero-order valence-electron chi connectivity index (χ0n) is 12.9. The van der Waals surface area contributed by atoms with Gasteiger partial charge in [-0.3, -0.25) is 10.1 Å². The first-order valence-corrected chi connectivity index (χ1v) is 7.97. The molecule has 24 heavy (non-hydrogen) atoms. The van der Waals surface area contributed by atoms with Crippen LogP contribution in [0, 0.1) is 17.0 Å². The largest absolute Gasteiger partial charge is 0.507 e. The molecule has 0 aliphatic heterocycles. The van der Waals surface area contributed by atoms with Crippen LogP contribution in [-0.2, 0) is 5.75 Å². The Morgan fingerprint density at radius 3 is 2.75 bits per heavy atom. The summed E-state index contributed by atoms with van der Waals surface area (Å²) in [5.74, 6) is 0.556. The first-order chi connectivity index (χ1) is 11.5. The summed E-state index contributed by atoms with van der Waals surface area (Å²) in [6, 6.07) is 12.3. The van der Waals surface area contributed by atoms with Gasteiger partial charge in [0.2, 0.25) is 0 Å². The van der Waals surface area contributed by atoms with Crippen LogP contribution in [0.1, 0.15) is 16.7 Å². The van der Waals surface area contributed by atoms with Crippen molar-refractivity contribution >= 4 is 28.8 Å². The highest BCUT2D eigenvalue weighted by molar-refractivity contribution is 8.13. The fourth-order valence-corrected chi connectivity index (χ4v) is 2.52. The molecule has 124 valence electrons. The van der Waals surface area contributed by atoms with E-state index in [4.69, 9.17) is 5.73 Å². The zero-order valence-corrected chi connectivity index (χ0v) is 13.7. The summed E-state index contributed by atoms with van der Waals surface area (Å²) in [6.45, 7) is 1.55. The fraction of sp³-hybridized carbons (Fsp3) is 0.125. The van der Waals surface area contributed by atoms with Crippen LogP contribution in [0.25, 0.3) is 0 Å². The molecule has 0 amide bonds. The first-order valence-electron chi connectivity index (χ1n) is 6.98. The Balaban J connectivity index is 2.04. The Hall–Kier alpha value is -2.87. The quantitative estimate of drug-likeness (QED) is 0.374. The van der Waals surface area contributed by atoms with Crippen LogP contribution < -0.4 is 5.73 Å². The molecular weight excluding hydrogens is 328 g/mol. The Morgan fingerprint density at radius 2 is 2.08 bits per heavy atom. The minimum absolute atomic E-state index is 0.0929. The highest BCUT2D eigenvalue weighted by Crippen LogP contribution is 2.26. The van der Waals surface area contributed by atoms with Gasteiger partial charge in [0.1, 0.15) is 5.75 Å². The Morgan fingerprint density at radius 1 is 1.38 bits per heavy atom. The fourth-order valence-electron chi connectivity index (χ4n) is 1.91. The van der Waals surface area contributed by atoms with Crippen molar-refractivity contribution in [2.24, 2.45) is 15.9 Å². The molecular formula is C16H16N4O3S. The third kappa shape index (κ3) is 4.82. The molecule has 0 aliphatic rings. The molecule has 8 heteroatoms. The number of phenols is 1. The number of nitro groups is 1. The van der Waals surface area contributed by atoms with Crippen molar-refractivity contribution in [3.05, 3.63) is 69.3 Å². The zero-order chi connectivity index (χ0) is 17.5. The molecule has 0 fully saturated rings. The van der Waals surface area contributed by atoms with Crippen molar-refractivity contribution in [2.45, 2.75) is 12.7 Å². The van der Waals surface area contributed by atoms with Gasteiger partial charge in [-0.2, -0.15) is 5.10 Å². The van der Waals surface area contributed by atoms with E-state index < -0.39 is 4.92 Å². The number of phenolic OH excluding ortho intramolecular Hbond substituents is 1. The van der Waals surface area contributed by atoms with Crippen molar-refractivity contribution in [3.8, 4) is 5.75 Å². The van der Waals surface area contributed by atoms with E-state index >= 15 is 0 Å². The number of aryl methyl sites for hydroxylation is 1. The molecule has 0 heterocycles. The monoisotopic (exact) mass is 344 g/mol. The highest BCUT2D eigenvalue weighted by Gasteiger charge is 2.13. The summed E-state index contributed by atoms with van der Waals surface area (Å²) in [7, 11) is 0. The van der Waals surface area contributed by atoms with E-state index in [1.165, 1.54) is 30.1 Å². The highest BCUT2D eigenvalue weighted by atomic mass is 32.2. The minimum Gasteiger partial charge on any atom is -0.507 e. The van der Waals surface area contributed by atoms with Crippen molar-refractivity contribution in [3.63, 3.8) is 0 Å². The van der Waals surface area contributed by atoms with Gasteiger partial charge in [-0.05, 0) is 18.6 Å². The number of amidine groups is 1. The van der Waals surface area contributed by atoms with Gasteiger partial charge in [-0.15, -0.1) is 5.10 Å². The Bertz CT molecular complexity index is 791. The van der Waals surface area contributed by atoms with Gasteiger partial charge in [0.25, 0.3) is 5.69 Å². The number of hydrogen-bond acceptors (Lipinski definition) is 6. The molecule has 0 saturated heterocycles. The third-order valence-electron chi connectivity index (χ3n) is 3.12. The SMILES string of the molecule is Cc1cc(O)c(C=NN=C(N)SCc2ccccc2)cc1[N+](=O)[O-]. The normalized spacial score (nSPS) is 11.8. The topological polar surface area (TPSA) is 114 Å². The van der Waals surface area contributed by atoms with Gasteiger partial charge in [0.05, 0.1) is 11.1 Å². The van der Waals surface area contributed by atoms with E-state index in [2.05, 4.69) is 10.2 Å². The van der Waals surface area contributed by atoms with E-state index in [0.29, 0.717) is 11.3 Å². The molecule has 3 N–H and O–H groups in total. The lowest BCUT2D eigenvalue weighted by atomic mass is 10.1. The summed E-state index contributed by atoms with van der Waals surface area (Å²) in [5.41, 5.74) is 7.35. The maximum atomic E-state index is 10.9. The first kappa shape index (κ1) is 17.5. The van der Waals surface area contributed by atoms with Crippen LogP contribution in [0.2, 0.25) is 0 Å². The van der Waals surface area contributed by atoms with Gasteiger partial charge >= 0.3 is 0 Å². The smallest absolute Gasteiger partial charge is 0.273 e. The molecule has 0 radical (unpaired) electrons. The standard InChI is InChI=1S/C16H16N4O3S/c1-11-7-15(21)13(8-14(11)20(22)23)9-18-19-16(17)24-10-12-5-3-2-4-6-12/h2-9,21H,10H2,1H3,(H2,17,19). The lowest BCUT2D eigenvalue weighted by molar-refractivity contribution is -0.385. The average Bonchev–Trinajstić information content (AvgIpc) is 2.55. The van der Waals surface area contributed by atoms with Crippen LogP contribution >= 0.6 is 11.8 Å². The summed E-state index contributed by atoms with van der Waals surface area (Å²) in [6.07, 6.45) is 1.23. The minimum atomic E-state index is -0.514. The lowest BCUT2D eigenvalue weighted by Gasteiger charge is -2.02. The molecule has 2 rings (SSSR count). The predicted molar refractivity (Wildman–Crippen MR) is 96.5 cm³/mol. The summed E-state index contributed by atoms with van der Waals surface area (Å²) >= 11 is 1.32. The molecule has 7 nitrogen and oxygen atoms in total. The van der Waals surface area contributed by atoms with E-state index in [-0.39, 0.29) is 22.2 Å². The molecule has 0 spiro atoms. The number of thioether (sulfide) groups is 1. The summed E-state index contributed by atoms with van der Waals surface area (Å²) < 4.78 is 0. The van der Waals surface area contributed by atoms with Gasteiger partial charge in [-0.1, -0.05) is 42.1 Å². The maximum absolute atomic E-state index is 10.9. The number of nitrogens with two attached hydrogens (primary N) is 1. The van der Waals surface area contributed by atoms with Gasteiger partial charge in [0.15, 0.2) is 5.17 Å². The lowest BCUT2D eigenvalue weighted by Crippen LogP contribution is -2.06. The third-order valence-corrected chi connectivity index (χ3v) is 3.98. The number of hydrogen-bond donors (Lipinski definition) is 2. The van der Waals surface area contributed by atoms with Crippen LogP contribution in [-0.4, -0.2) is 21.4 Å². The van der Waals surface area contributed by atoms with E-state index in [1.807, 2.05) is 30.3 Å². The van der Waals surface area contributed by atoms with Crippen molar-refractivity contribution in [1.82, 2.24) is 0 Å². The number of nitrogens with zero attached hydrogens (tertiary/aromatic N) is 3. The summed E-state index contributed by atoms with van der Waals surface area (Å²) in [4.78, 5) is 10.4. The predicted octanol–water partition coefficient (Wildman–Crippen LogP) is 3.19. The molecule has 0 unspecified atom stereocenters. The van der Waals surface area contributed by atoms with Gasteiger partial charge < -0.3 is 10.8 Å². The van der Waals surface area contributed by atoms with Crippen LogP contribution in [0.4, 0.5) is 5.69 Å². The van der Waals surface area contributed by atoms with Crippen molar-refractivity contribution < 1.29 is 10.0 Å². The Kier molecular flexibility index (Phi) is 5.91. The second-order valence-corrected chi connectivity index (χ2v) is 5.91. The summed E-state index contributed by atoms with van der Waals surface area (Å²) in [5, 5.41) is 28.6. The van der Waals surface area contributed by atoms with Crippen molar-refractivity contribution in [2.75, 3.05) is 0 Å².